The van der Waals surface area contributed by atoms with Crippen LogP contribution in [0.2, 0.25) is 0 Å². The molecule has 104 valence electrons. The zero-order valence-corrected chi connectivity index (χ0v) is 11.7. The second-order valence-electron chi connectivity index (χ2n) is 4.77. The van der Waals surface area contributed by atoms with Crippen LogP contribution in [0.25, 0.3) is 6.08 Å². The van der Waals surface area contributed by atoms with Crippen LogP contribution in [-0.2, 0) is 14.9 Å². The summed E-state index contributed by atoms with van der Waals surface area (Å²) in [5, 5.41) is 9.62. The van der Waals surface area contributed by atoms with Gasteiger partial charge in [-0.3, -0.25) is 4.79 Å². The molecular weight excluding hydrogens is 254 g/mol. The molecular formula is C16H17NO3. The van der Waals surface area contributed by atoms with Crippen molar-refractivity contribution >= 4 is 12.0 Å². The molecule has 1 atom stereocenters. The third-order valence-electron chi connectivity index (χ3n) is 3.52. The quantitative estimate of drug-likeness (QED) is 0.790. The minimum Gasteiger partial charge on any atom is -0.497 e. The van der Waals surface area contributed by atoms with Crippen molar-refractivity contribution in [2.45, 2.75) is 25.2 Å². The molecule has 20 heavy (non-hydrogen) atoms. The van der Waals surface area contributed by atoms with Gasteiger partial charge >= 0.3 is 5.97 Å². The van der Waals surface area contributed by atoms with E-state index < -0.39 is 5.41 Å². The number of esters is 1. The Labute approximate surface area is 118 Å². The van der Waals surface area contributed by atoms with E-state index in [9.17, 15) is 10.1 Å². The molecule has 0 aliphatic heterocycles. The number of benzene rings is 1. The molecule has 0 bridgehead atoms. The van der Waals surface area contributed by atoms with E-state index >= 15 is 0 Å². The first-order valence-corrected chi connectivity index (χ1v) is 6.57. The highest BCUT2D eigenvalue weighted by Gasteiger charge is 2.37. The molecule has 4 nitrogen and oxygen atoms in total. The number of nitrogens with zero attached hydrogens (tertiary/aromatic N) is 1. The summed E-state index contributed by atoms with van der Waals surface area (Å²) in [6.45, 7) is 1.81. The van der Waals surface area contributed by atoms with Crippen molar-refractivity contribution in [1.29, 1.82) is 5.26 Å². The predicted octanol–water partition coefficient (Wildman–Crippen LogP) is 2.83. The van der Waals surface area contributed by atoms with E-state index in [-0.39, 0.29) is 12.6 Å². The molecule has 1 aliphatic carbocycles. The molecule has 1 unspecified atom stereocenters. The minimum atomic E-state index is -0.830. The van der Waals surface area contributed by atoms with Gasteiger partial charge in [0.15, 0.2) is 0 Å². The highest BCUT2D eigenvalue weighted by Crippen LogP contribution is 2.37. The van der Waals surface area contributed by atoms with Crippen molar-refractivity contribution in [3.05, 3.63) is 35.4 Å². The topological polar surface area (TPSA) is 59.3 Å². The number of allylic oxidation sites excluding steroid dienone is 1. The number of carbonyl (C=O) groups is 1. The fourth-order valence-corrected chi connectivity index (χ4v) is 2.30. The number of methoxy groups -OCH3 is 1. The molecule has 1 aliphatic rings. The van der Waals surface area contributed by atoms with Crippen LogP contribution in [0.4, 0.5) is 0 Å². The lowest BCUT2D eigenvalue weighted by molar-refractivity contribution is -0.144. The maximum Gasteiger partial charge on any atom is 0.305 e. The Hall–Kier alpha value is -2.28. The molecule has 0 saturated carbocycles. The van der Waals surface area contributed by atoms with Crippen molar-refractivity contribution in [3.8, 4) is 11.8 Å². The zero-order valence-electron chi connectivity index (χ0n) is 11.7. The molecule has 0 radical (unpaired) electrons. The van der Waals surface area contributed by atoms with Crippen molar-refractivity contribution in [2.24, 2.45) is 0 Å². The molecule has 0 heterocycles. The number of hydrogen-bond acceptors (Lipinski definition) is 4. The lowest BCUT2D eigenvalue weighted by Gasteiger charge is -2.30. The lowest BCUT2D eigenvalue weighted by Crippen LogP contribution is -2.33. The van der Waals surface area contributed by atoms with Crippen LogP contribution in [0, 0.1) is 11.3 Å². The van der Waals surface area contributed by atoms with Crippen LogP contribution in [-0.4, -0.2) is 19.7 Å². The van der Waals surface area contributed by atoms with Crippen LogP contribution in [0.5, 0.6) is 5.75 Å². The van der Waals surface area contributed by atoms with Crippen LogP contribution in [0.3, 0.4) is 0 Å². The third-order valence-corrected chi connectivity index (χ3v) is 3.52. The maximum atomic E-state index is 11.4. The van der Waals surface area contributed by atoms with Gasteiger partial charge in [-0.15, -0.1) is 0 Å². The van der Waals surface area contributed by atoms with Gasteiger partial charge in [0.25, 0.3) is 0 Å². The number of hydrogen-bond donors (Lipinski definition) is 0. The summed E-state index contributed by atoms with van der Waals surface area (Å²) >= 11 is 0. The van der Waals surface area contributed by atoms with Gasteiger partial charge in [0.05, 0.1) is 13.2 Å². The average molecular weight is 271 g/mol. The SMILES string of the molecule is CCC(=O)OCC1(C#N)CC=Cc2ccc(OC)cc21. The van der Waals surface area contributed by atoms with Crippen molar-refractivity contribution in [1.82, 2.24) is 0 Å². The van der Waals surface area contributed by atoms with E-state index in [4.69, 9.17) is 9.47 Å². The van der Waals surface area contributed by atoms with Gasteiger partial charge in [0.2, 0.25) is 0 Å². The van der Waals surface area contributed by atoms with E-state index in [1.54, 1.807) is 14.0 Å². The van der Waals surface area contributed by atoms with E-state index in [1.807, 2.05) is 30.4 Å². The Morgan fingerprint density at radius 3 is 2.95 bits per heavy atom. The molecule has 0 aromatic heterocycles. The second kappa shape index (κ2) is 5.79. The fourth-order valence-electron chi connectivity index (χ4n) is 2.30. The Morgan fingerprint density at radius 2 is 2.30 bits per heavy atom. The number of fused-ring (bicyclic) bond motifs is 1. The van der Waals surface area contributed by atoms with Gasteiger partial charge in [-0.05, 0) is 29.7 Å². The van der Waals surface area contributed by atoms with Gasteiger partial charge in [-0.25, -0.2) is 0 Å². The lowest BCUT2D eigenvalue weighted by atomic mass is 9.74. The molecule has 0 fully saturated rings. The van der Waals surface area contributed by atoms with Gasteiger partial charge in [0.1, 0.15) is 17.8 Å². The normalized spacial score (nSPS) is 19.9. The fraction of sp³-hybridized carbons (Fsp3) is 0.375. The summed E-state index contributed by atoms with van der Waals surface area (Å²) < 4.78 is 10.4. The zero-order chi connectivity index (χ0) is 14.6. The first-order valence-electron chi connectivity index (χ1n) is 6.57. The smallest absolute Gasteiger partial charge is 0.305 e. The summed E-state index contributed by atoms with van der Waals surface area (Å²) in [5.41, 5.74) is 0.987. The second-order valence-corrected chi connectivity index (χ2v) is 4.77. The summed E-state index contributed by atoms with van der Waals surface area (Å²) in [6, 6.07) is 7.94. The van der Waals surface area contributed by atoms with Crippen LogP contribution in [0.1, 0.15) is 30.9 Å². The molecule has 0 N–H and O–H groups in total. The van der Waals surface area contributed by atoms with E-state index in [0.717, 1.165) is 11.1 Å². The van der Waals surface area contributed by atoms with E-state index in [1.165, 1.54) is 0 Å². The molecule has 2 rings (SSSR count). The van der Waals surface area contributed by atoms with E-state index in [0.29, 0.717) is 18.6 Å². The van der Waals surface area contributed by atoms with E-state index in [2.05, 4.69) is 6.07 Å². The third kappa shape index (κ3) is 2.53. The number of carbonyl (C=O) groups excluding carboxylic acids is 1. The van der Waals surface area contributed by atoms with Crippen LogP contribution < -0.4 is 4.74 Å². The monoisotopic (exact) mass is 271 g/mol. The number of rotatable bonds is 4. The first-order chi connectivity index (χ1) is 9.65. The molecule has 0 amide bonds. The van der Waals surface area contributed by atoms with Gasteiger partial charge in [-0.2, -0.15) is 5.26 Å². The van der Waals surface area contributed by atoms with Crippen LogP contribution >= 0.6 is 0 Å². The highest BCUT2D eigenvalue weighted by molar-refractivity contribution is 5.69. The Kier molecular flexibility index (Phi) is 4.09. The maximum absolute atomic E-state index is 11.4. The summed E-state index contributed by atoms with van der Waals surface area (Å²) in [7, 11) is 1.59. The predicted molar refractivity (Wildman–Crippen MR) is 75.2 cm³/mol. The molecule has 1 aromatic carbocycles. The van der Waals surface area contributed by atoms with Gasteiger partial charge < -0.3 is 9.47 Å². The standard InChI is InChI=1S/C16H17NO3/c1-3-15(18)20-11-16(10-17)8-4-5-12-6-7-13(19-2)9-14(12)16/h4-7,9H,3,8,11H2,1-2H3. The highest BCUT2D eigenvalue weighted by atomic mass is 16.5. The Balaban J connectivity index is 2.39. The van der Waals surface area contributed by atoms with Crippen molar-refractivity contribution in [2.75, 3.05) is 13.7 Å². The minimum absolute atomic E-state index is 0.0701. The van der Waals surface area contributed by atoms with Gasteiger partial charge in [0, 0.05) is 6.42 Å². The largest absolute Gasteiger partial charge is 0.497 e. The number of nitriles is 1. The first kappa shape index (κ1) is 14.1. The van der Waals surface area contributed by atoms with Gasteiger partial charge in [-0.1, -0.05) is 25.1 Å². The molecule has 1 aromatic rings. The molecule has 0 saturated heterocycles. The summed E-state index contributed by atoms with van der Waals surface area (Å²) in [6.07, 6.45) is 4.76. The average Bonchev–Trinajstić information content (AvgIpc) is 2.51. The van der Waals surface area contributed by atoms with Crippen molar-refractivity contribution < 1.29 is 14.3 Å². The summed E-state index contributed by atoms with van der Waals surface area (Å²) in [5.74, 6) is 0.402. The number of ether oxygens (including phenoxy) is 2. The van der Waals surface area contributed by atoms with Crippen molar-refractivity contribution in [3.63, 3.8) is 0 Å². The summed E-state index contributed by atoms with van der Waals surface area (Å²) in [4.78, 5) is 11.4. The molecule has 0 spiro atoms. The Bertz CT molecular complexity index is 586. The molecule has 4 heteroatoms. The van der Waals surface area contributed by atoms with Crippen LogP contribution in [0.15, 0.2) is 24.3 Å². The Morgan fingerprint density at radius 1 is 1.50 bits per heavy atom.